The van der Waals surface area contributed by atoms with Gasteiger partial charge < -0.3 is 10.6 Å². The van der Waals surface area contributed by atoms with Gasteiger partial charge in [-0.15, -0.1) is 0 Å². The minimum absolute atomic E-state index is 0.0803. The molecule has 3 nitrogen and oxygen atoms in total. The van der Waals surface area contributed by atoms with Crippen LogP contribution in [0.1, 0.15) is 45.2 Å². The fourth-order valence-electron chi connectivity index (χ4n) is 1.78. The summed E-state index contributed by atoms with van der Waals surface area (Å²) in [6.07, 6.45) is 1.46. The van der Waals surface area contributed by atoms with E-state index in [1.807, 2.05) is 37.3 Å². The highest BCUT2D eigenvalue weighted by Crippen LogP contribution is 2.11. The second-order valence-corrected chi connectivity index (χ2v) is 4.91. The molecule has 0 bridgehead atoms. The minimum Gasteiger partial charge on any atom is -0.350 e. The van der Waals surface area contributed by atoms with Crippen LogP contribution in [0.2, 0.25) is 0 Å². The van der Waals surface area contributed by atoms with Crippen molar-refractivity contribution in [3.05, 3.63) is 35.9 Å². The van der Waals surface area contributed by atoms with Gasteiger partial charge in [-0.25, -0.2) is 0 Å². The molecule has 0 aliphatic heterocycles. The summed E-state index contributed by atoms with van der Waals surface area (Å²) in [7, 11) is 0. The molecule has 1 aromatic carbocycles. The van der Waals surface area contributed by atoms with Crippen LogP contribution >= 0.6 is 0 Å². The number of carbonyl (C=O) groups is 1. The third kappa shape index (κ3) is 5.82. The predicted molar refractivity (Wildman–Crippen MR) is 75.4 cm³/mol. The van der Waals surface area contributed by atoms with Crippen LogP contribution in [0.15, 0.2) is 30.3 Å². The number of hydrogen-bond acceptors (Lipinski definition) is 2. The number of amides is 1. The van der Waals surface area contributed by atoms with Gasteiger partial charge in [-0.2, -0.15) is 0 Å². The van der Waals surface area contributed by atoms with Gasteiger partial charge in [0.05, 0.1) is 6.04 Å². The lowest BCUT2D eigenvalue weighted by Gasteiger charge is -2.14. The molecule has 0 fully saturated rings. The molecule has 0 aromatic heterocycles. The quantitative estimate of drug-likeness (QED) is 0.728. The Hall–Kier alpha value is -1.35. The van der Waals surface area contributed by atoms with Gasteiger partial charge in [-0.3, -0.25) is 4.79 Å². The zero-order valence-electron chi connectivity index (χ0n) is 11.6. The van der Waals surface area contributed by atoms with Crippen LogP contribution in [0, 0.1) is 0 Å². The Morgan fingerprint density at radius 2 is 1.83 bits per heavy atom. The predicted octanol–water partition coefficient (Wildman–Crippen LogP) is 2.64. The first kappa shape index (κ1) is 14.7. The maximum absolute atomic E-state index is 11.7. The molecular formula is C15H24N2O. The smallest absolute Gasteiger partial charge is 0.220 e. The SMILES string of the molecule is CC(C)NCCCC(=O)NC(C)c1ccccc1. The number of benzene rings is 1. The summed E-state index contributed by atoms with van der Waals surface area (Å²) in [5.74, 6) is 0.122. The molecule has 1 atom stereocenters. The van der Waals surface area contributed by atoms with Gasteiger partial charge in [0.2, 0.25) is 5.91 Å². The summed E-state index contributed by atoms with van der Waals surface area (Å²) in [6.45, 7) is 7.12. The van der Waals surface area contributed by atoms with E-state index >= 15 is 0 Å². The first-order valence-corrected chi connectivity index (χ1v) is 6.67. The highest BCUT2D eigenvalue weighted by atomic mass is 16.1. The van der Waals surface area contributed by atoms with Crippen LogP contribution in [0.5, 0.6) is 0 Å². The molecule has 0 radical (unpaired) electrons. The van der Waals surface area contributed by atoms with Gasteiger partial charge in [-0.1, -0.05) is 44.2 Å². The molecule has 0 heterocycles. The topological polar surface area (TPSA) is 41.1 Å². The fraction of sp³-hybridized carbons (Fsp3) is 0.533. The first-order chi connectivity index (χ1) is 8.59. The standard InChI is InChI=1S/C15H24N2O/c1-12(2)16-11-7-10-15(18)17-13(3)14-8-5-4-6-9-14/h4-6,8-9,12-13,16H,7,10-11H2,1-3H3,(H,17,18). The van der Waals surface area contributed by atoms with E-state index < -0.39 is 0 Å². The number of rotatable bonds is 7. The Kier molecular flexibility index (Phi) is 6.44. The van der Waals surface area contributed by atoms with Gasteiger partial charge >= 0.3 is 0 Å². The third-order valence-corrected chi connectivity index (χ3v) is 2.81. The van der Waals surface area contributed by atoms with Crippen LogP contribution in [-0.2, 0) is 4.79 Å². The Morgan fingerprint density at radius 3 is 2.44 bits per heavy atom. The van der Waals surface area contributed by atoms with E-state index in [1.54, 1.807) is 0 Å². The molecule has 1 rings (SSSR count). The molecular weight excluding hydrogens is 224 g/mol. The Bertz CT molecular complexity index is 349. The maximum Gasteiger partial charge on any atom is 0.220 e. The summed E-state index contributed by atoms with van der Waals surface area (Å²) in [4.78, 5) is 11.7. The normalized spacial score (nSPS) is 12.4. The maximum atomic E-state index is 11.7. The van der Waals surface area contributed by atoms with E-state index in [1.165, 1.54) is 0 Å². The second kappa shape index (κ2) is 7.88. The molecule has 100 valence electrons. The lowest BCUT2D eigenvalue weighted by molar-refractivity contribution is -0.121. The van der Waals surface area contributed by atoms with Crippen LogP contribution in [-0.4, -0.2) is 18.5 Å². The summed E-state index contributed by atoms with van der Waals surface area (Å²) in [5.41, 5.74) is 1.14. The summed E-state index contributed by atoms with van der Waals surface area (Å²) >= 11 is 0. The van der Waals surface area contributed by atoms with Crippen molar-refractivity contribution in [2.75, 3.05) is 6.54 Å². The van der Waals surface area contributed by atoms with Crippen LogP contribution < -0.4 is 10.6 Å². The minimum atomic E-state index is 0.0803. The van der Waals surface area contributed by atoms with E-state index in [9.17, 15) is 4.79 Å². The van der Waals surface area contributed by atoms with Gasteiger partial charge in [0.15, 0.2) is 0 Å². The largest absolute Gasteiger partial charge is 0.350 e. The van der Waals surface area contributed by atoms with Gasteiger partial charge in [0, 0.05) is 12.5 Å². The third-order valence-electron chi connectivity index (χ3n) is 2.81. The van der Waals surface area contributed by atoms with Gasteiger partial charge in [0.25, 0.3) is 0 Å². The van der Waals surface area contributed by atoms with E-state index in [0.717, 1.165) is 18.5 Å². The molecule has 2 N–H and O–H groups in total. The van der Waals surface area contributed by atoms with Crippen LogP contribution in [0.25, 0.3) is 0 Å². The summed E-state index contributed by atoms with van der Waals surface area (Å²) in [6, 6.07) is 10.6. The summed E-state index contributed by atoms with van der Waals surface area (Å²) < 4.78 is 0. The highest BCUT2D eigenvalue weighted by molar-refractivity contribution is 5.76. The molecule has 0 saturated heterocycles. The van der Waals surface area contributed by atoms with Crippen molar-refractivity contribution >= 4 is 5.91 Å². The zero-order valence-corrected chi connectivity index (χ0v) is 11.6. The first-order valence-electron chi connectivity index (χ1n) is 6.67. The fourth-order valence-corrected chi connectivity index (χ4v) is 1.78. The second-order valence-electron chi connectivity index (χ2n) is 4.91. The lowest BCUT2D eigenvalue weighted by Crippen LogP contribution is -2.28. The molecule has 1 amide bonds. The molecule has 0 spiro atoms. The van der Waals surface area contributed by atoms with Crippen molar-refractivity contribution in [3.63, 3.8) is 0 Å². The average molecular weight is 248 g/mol. The van der Waals surface area contributed by atoms with E-state index in [0.29, 0.717) is 12.5 Å². The number of nitrogens with one attached hydrogen (secondary N) is 2. The Labute approximate surface area is 110 Å². The van der Waals surface area contributed by atoms with E-state index in [-0.39, 0.29) is 11.9 Å². The van der Waals surface area contributed by atoms with Crippen molar-refractivity contribution in [1.82, 2.24) is 10.6 Å². The lowest BCUT2D eigenvalue weighted by atomic mass is 10.1. The highest BCUT2D eigenvalue weighted by Gasteiger charge is 2.08. The van der Waals surface area contributed by atoms with Gasteiger partial charge in [-0.05, 0) is 25.5 Å². The number of hydrogen-bond donors (Lipinski definition) is 2. The van der Waals surface area contributed by atoms with Crippen molar-refractivity contribution in [2.24, 2.45) is 0 Å². The van der Waals surface area contributed by atoms with Crippen LogP contribution in [0.4, 0.5) is 0 Å². The van der Waals surface area contributed by atoms with E-state index in [2.05, 4.69) is 24.5 Å². The van der Waals surface area contributed by atoms with Gasteiger partial charge in [0.1, 0.15) is 0 Å². The van der Waals surface area contributed by atoms with Crippen molar-refractivity contribution < 1.29 is 4.79 Å². The molecule has 1 unspecified atom stereocenters. The van der Waals surface area contributed by atoms with Crippen molar-refractivity contribution in [2.45, 2.75) is 45.7 Å². The van der Waals surface area contributed by atoms with Crippen LogP contribution in [0.3, 0.4) is 0 Å². The monoisotopic (exact) mass is 248 g/mol. The molecule has 3 heteroatoms. The van der Waals surface area contributed by atoms with E-state index in [4.69, 9.17) is 0 Å². The molecule has 0 aliphatic rings. The molecule has 18 heavy (non-hydrogen) atoms. The molecule has 0 saturated carbocycles. The molecule has 1 aromatic rings. The molecule has 0 aliphatic carbocycles. The Morgan fingerprint density at radius 1 is 1.17 bits per heavy atom. The summed E-state index contributed by atoms with van der Waals surface area (Å²) in [5, 5.41) is 6.32. The van der Waals surface area contributed by atoms with Crippen molar-refractivity contribution in [1.29, 1.82) is 0 Å². The number of carbonyl (C=O) groups excluding carboxylic acids is 1. The average Bonchev–Trinajstić information content (AvgIpc) is 2.35. The zero-order chi connectivity index (χ0) is 13.4. The van der Waals surface area contributed by atoms with Crippen molar-refractivity contribution in [3.8, 4) is 0 Å². The Balaban J connectivity index is 2.24.